The summed E-state index contributed by atoms with van der Waals surface area (Å²) >= 11 is 0. The fourth-order valence-electron chi connectivity index (χ4n) is 2.42. The van der Waals surface area contributed by atoms with Crippen LogP contribution in [0.5, 0.6) is 0 Å². The molecule has 0 spiro atoms. The monoisotopic (exact) mass is 247 g/mol. The molecular weight excluding hydrogens is 226 g/mol. The predicted octanol–water partition coefficient (Wildman–Crippen LogP) is 1.43. The number of carbonyl (C=O) groups is 1. The Balaban J connectivity index is 2.15. The number of rotatable bonds is 1. The fraction of sp³-hybridized carbons (Fsp3) is 0.500. The van der Waals surface area contributed by atoms with E-state index in [1.807, 2.05) is 17.0 Å². The van der Waals surface area contributed by atoms with E-state index in [2.05, 4.69) is 25.8 Å². The van der Waals surface area contributed by atoms with Gasteiger partial charge in [-0.2, -0.15) is 0 Å². The lowest BCUT2D eigenvalue weighted by atomic mass is 10.1. The van der Waals surface area contributed by atoms with Gasteiger partial charge in [-0.05, 0) is 39.1 Å². The van der Waals surface area contributed by atoms with Gasteiger partial charge in [0, 0.05) is 36.4 Å². The van der Waals surface area contributed by atoms with Gasteiger partial charge in [-0.1, -0.05) is 6.07 Å². The molecule has 18 heavy (non-hydrogen) atoms. The summed E-state index contributed by atoms with van der Waals surface area (Å²) in [5, 5.41) is 0. The van der Waals surface area contributed by atoms with Crippen molar-refractivity contribution in [3.63, 3.8) is 0 Å². The van der Waals surface area contributed by atoms with E-state index in [-0.39, 0.29) is 5.91 Å². The smallest absolute Gasteiger partial charge is 0.254 e. The molecule has 1 amide bonds. The van der Waals surface area contributed by atoms with Crippen molar-refractivity contribution in [3.05, 3.63) is 29.8 Å². The molecule has 1 saturated heterocycles. The van der Waals surface area contributed by atoms with E-state index in [0.717, 1.165) is 13.1 Å². The summed E-state index contributed by atoms with van der Waals surface area (Å²) in [5.74, 6) is 0.0779. The number of hydrogen-bond acceptors (Lipinski definition) is 3. The topological polar surface area (TPSA) is 49.6 Å². The highest BCUT2D eigenvalue weighted by molar-refractivity contribution is 5.95. The Bertz CT molecular complexity index is 434. The Morgan fingerprint density at radius 2 is 1.89 bits per heavy atom. The van der Waals surface area contributed by atoms with Crippen molar-refractivity contribution in [2.75, 3.05) is 25.9 Å². The van der Waals surface area contributed by atoms with E-state index < -0.39 is 0 Å². The second kappa shape index (κ2) is 4.98. The van der Waals surface area contributed by atoms with E-state index in [0.29, 0.717) is 23.3 Å². The van der Waals surface area contributed by atoms with Crippen LogP contribution in [-0.2, 0) is 0 Å². The number of anilines is 1. The standard InChI is InChI=1S/C14H21N3O/c1-10-8-17(9-11(2)16(10)3)14(18)12-5-4-6-13(15)7-12/h4-7,10-11H,8-9,15H2,1-3H3. The van der Waals surface area contributed by atoms with Crippen LogP contribution in [0.15, 0.2) is 24.3 Å². The van der Waals surface area contributed by atoms with E-state index in [4.69, 9.17) is 5.73 Å². The Hall–Kier alpha value is -1.55. The zero-order chi connectivity index (χ0) is 13.3. The largest absolute Gasteiger partial charge is 0.399 e. The van der Waals surface area contributed by atoms with Crippen LogP contribution in [0.3, 0.4) is 0 Å². The highest BCUT2D eigenvalue weighted by Crippen LogP contribution is 2.17. The van der Waals surface area contributed by atoms with Gasteiger partial charge in [-0.15, -0.1) is 0 Å². The Morgan fingerprint density at radius 1 is 1.28 bits per heavy atom. The predicted molar refractivity (Wildman–Crippen MR) is 73.4 cm³/mol. The van der Waals surface area contributed by atoms with Gasteiger partial charge in [0.1, 0.15) is 0 Å². The number of piperazine rings is 1. The highest BCUT2D eigenvalue weighted by Gasteiger charge is 2.29. The average molecular weight is 247 g/mol. The molecule has 1 aromatic carbocycles. The molecular formula is C14H21N3O. The van der Waals surface area contributed by atoms with Crippen LogP contribution in [-0.4, -0.2) is 47.9 Å². The summed E-state index contributed by atoms with van der Waals surface area (Å²) in [5.41, 5.74) is 7.04. The van der Waals surface area contributed by atoms with Crippen molar-refractivity contribution >= 4 is 11.6 Å². The molecule has 2 N–H and O–H groups in total. The van der Waals surface area contributed by atoms with Crippen LogP contribution in [0, 0.1) is 0 Å². The van der Waals surface area contributed by atoms with E-state index in [1.165, 1.54) is 0 Å². The molecule has 4 nitrogen and oxygen atoms in total. The van der Waals surface area contributed by atoms with Gasteiger partial charge in [0.15, 0.2) is 0 Å². The maximum atomic E-state index is 12.4. The second-order valence-corrected chi connectivity index (χ2v) is 5.20. The lowest BCUT2D eigenvalue weighted by Gasteiger charge is -2.42. The Kier molecular flexibility index (Phi) is 3.57. The number of nitrogen functional groups attached to an aromatic ring is 1. The summed E-state index contributed by atoms with van der Waals surface area (Å²) in [6.45, 7) is 5.84. The maximum absolute atomic E-state index is 12.4. The number of carbonyl (C=O) groups excluding carboxylic acids is 1. The Labute approximate surface area is 108 Å². The van der Waals surface area contributed by atoms with E-state index in [9.17, 15) is 4.79 Å². The van der Waals surface area contributed by atoms with Crippen LogP contribution in [0.25, 0.3) is 0 Å². The first-order valence-electron chi connectivity index (χ1n) is 6.36. The van der Waals surface area contributed by atoms with Crippen LogP contribution >= 0.6 is 0 Å². The Morgan fingerprint density at radius 3 is 2.44 bits per heavy atom. The average Bonchev–Trinajstić information content (AvgIpc) is 2.34. The van der Waals surface area contributed by atoms with Crippen LogP contribution in [0.2, 0.25) is 0 Å². The van der Waals surface area contributed by atoms with E-state index in [1.54, 1.807) is 12.1 Å². The molecule has 1 aliphatic rings. The van der Waals surface area contributed by atoms with Gasteiger partial charge in [0.2, 0.25) is 0 Å². The molecule has 0 radical (unpaired) electrons. The number of benzene rings is 1. The summed E-state index contributed by atoms with van der Waals surface area (Å²) in [6, 6.07) is 7.97. The van der Waals surface area contributed by atoms with Crippen molar-refractivity contribution in [1.29, 1.82) is 0 Å². The third kappa shape index (κ3) is 2.48. The number of hydrogen-bond donors (Lipinski definition) is 1. The molecule has 0 bridgehead atoms. The number of likely N-dealkylation sites (N-methyl/N-ethyl adjacent to an activating group) is 1. The minimum absolute atomic E-state index is 0.0779. The van der Waals surface area contributed by atoms with Gasteiger partial charge in [0.05, 0.1) is 0 Å². The molecule has 0 aliphatic carbocycles. The number of nitrogens with zero attached hydrogens (tertiary/aromatic N) is 2. The van der Waals surface area contributed by atoms with Crippen molar-refractivity contribution in [3.8, 4) is 0 Å². The molecule has 1 fully saturated rings. The zero-order valence-electron chi connectivity index (χ0n) is 11.3. The van der Waals surface area contributed by atoms with Crippen LogP contribution in [0.4, 0.5) is 5.69 Å². The van der Waals surface area contributed by atoms with Gasteiger partial charge in [-0.25, -0.2) is 0 Å². The first-order chi connectivity index (χ1) is 8.49. The highest BCUT2D eigenvalue weighted by atomic mass is 16.2. The van der Waals surface area contributed by atoms with Crippen LogP contribution < -0.4 is 5.73 Å². The molecule has 98 valence electrons. The van der Waals surface area contributed by atoms with Crippen molar-refractivity contribution in [2.24, 2.45) is 0 Å². The lowest BCUT2D eigenvalue weighted by Crippen LogP contribution is -2.56. The quantitative estimate of drug-likeness (QED) is 0.764. The number of nitrogens with two attached hydrogens (primary N) is 1. The minimum atomic E-state index is 0.0779. The summed E-state index contributed by atoms with van der Waals surface area (Å²) in [6.07, 6.45) is 0. The molecule has 0 saturated carbocycles. The first kappa shape index (κ1) is 12.9. The summed E-state index contributed by atoms with van der Waals surface area (Å²) < 4.78 is 0. The SMILES string of the molecule is CC1CN(C(=O)c2cccc(N)c2)CC(C)N1C. The first-order valence-corrected chi connectivity index (χ1v) is 6.36. The third-order valence-corrected chi connectivity index (χ3v) is 3.78. The van der Waals surface area contributed by atoms with Crippen molar-refractivity contribution in [2.45, 2.75) is 25.9 Å². The van der Waals surface area contributed by atoms with Gasteiger partial charge in [-0.3, -0.25) is 9.69 Å². The molecule has 2 atom stereocenters. The molecule has 1 aromatic rings. The molecule has 2 rings (SSSR count). The van der Waals surface area contributed by atoms with Gasteiger partial charge in [0.25, 0.3) is 5.91 Å². The lowest BCUT2D eigenvalue weighted by molar-refractivity contribution is 0.0414. The number of amides is 1. The minimum Gasteiger partial charge on any atom is -0.399 e. The van der Waals surface area contributed by atoms with Gasteiger partial charge >= 0.3 is 0 Å². The fourth-order valence-corrected chi connectivity index (χ4v) is 2.42. The summed E-state index contributed by atoms with van der Waals surface area (Å²) in [7, 11) is 2.11. The van der Waals surface area contributed by atoms with Crippen molar-refractivity contribution < 1.29 is 4.79 Å². The molecule has 4 heteroatoms. The van der Waals surface area contributed by atoms with Crippen LogP contribution in [0.1, 0.15) is 24.2 Å². The van der Waals surface area contributed by atoms with E-state index >= 15 is 0 Å². The maximum Gasteiger partial charge on any atom is 0.254 e. The second-order valence-electron chi connectivity index (χ2n) is 5.20. The molecule has 1 aliphatic heterocycles. The van der Waals surface area contributed by atoms with Crippen molar-refractivity contribution in [1.82, 2.24) is 9.80 Å². The zero-order valence-corrected chi connectivity index (χ0v) is 11.3. The molecule has 2 unspecified atom stereocenters. The normalized spacial score (nSPS) is 25.2. The van der Waals surface area contributed by atoms with Gasteiger partial charge < -0.3 is 10.6 Å². The summed E-state index contributed by atoms with van der Waals surface area (Å²) in [4.78, 5) is 16.6. The molecule has 0 aromatic heterocycles. The third-order valence-electron chi connectivity index (χ3n) is 3.78. The molecule has 1 heterocycles.